The van der Waals surface area contributed by atoms with Crippen LogP contribution in [0.25, 0.3) is 5.65 Å². The van der Waals surface area contributed by atoms with E-state index in [-0.39, 0.29) is 12.5 Å². The zero-order valence-electron chi connectivity index (χ0n) is 10.6. The van der Waals surface area contributed by atoms with E-state index in [9.17, 15) is 4.79 Å². The van der Waals surface area contributed by atoms with Crippen LogP contribution >= 0.6 is 11.8 Å². The topological polar surface area (TPSA) is 66.6 Å². The van der Waals surface area contributed by atoms with E-state index in [1.165, 1.54) is 0 Å². The molecule has 0 aliphatic carbocycles. The minimum atomic E-state index is -0.147. The zero-order valence-corrected chi connectivity index (χ0v) is 11.4. The van der Waals surface area contributed by atoms with Gasteiger partial charge in [0.1, 0.15) is 11.3 Å². The lowest BCUT2D eigenvalue weighted by atomic mass is 10.4. The highest BCUT2D eigenvalue weighted by Gasteiger charge is 2.09. The highest BCUT2D eigenvalue weighted by molar-refractivity contribution is 7.99. The second-order valence-electron chi connectivity index (χ2n) is 4.04. The summed E-state index contributed by atoms with van der Waals surface area (Å²) < 4.78 is 1.82. The van der Waals surface area contributed by atoms with Crippen molar-refractivity contribution in [3.8, 4) is 0 Å². The maximum Gasteiger partial charge on any atom is 0.271 e. The number of nitrogens with zero attached hydrogens (tertiary/aromatic N) is 2. The van der Waals surface area contributed by atoms with Crippen LogP contribution in [0.4, 0.5) is 0 Å². The summed E-state index contributed by atoms with van der Waals surface area (Å²) in [5, 5.41) is 11.5. The second kappa shape index (κ2) is 7.16. The lowest BCUT2D eigenvalue weighted by molar-refractivity contribution is 0.0952. The van der Waals surface area contributed by atoms with Crippen LogP contribution < -0.4 is 5.32 Å². The van der Waals surface area contributed by atoms with Crippen molar-refractivity contribution in [2.75, 3.05) is 24.7 Å². The summed E-state index contributed by atoms with van der Waals surface area (Å²) >= 11 is 1.72. The van der Waals surface area contributed by atoms with E-state index in [4.69, 9.17) is 5.11 Å². The molecule has 102 valence electrons. The van der Waals surface area contributed by atoms with E-state index in [1.807, 2.05) is 28.8 Å². The number of fused-ring (bicyclic) bond motifs is 1. The van der Waals surface area contributed by atoms with Crippen molar-refractivity contribution >= 4 is 23.3 Å². The quantitative estimate of drug-likeness (QED) is 0.747. The van der Waals surface area contributed by atoms with Crippen LogP contribution in [0.1, 0.15) is 16.9 Å². The molecule has 2 aromatic rings. The fourth-order valence-corrected chi connectivity index (χ4v) is 2.42. The van der Waals surface area contributed by atoms with Crippen LogP contribution in [-0.2, 0) is 0 Å². The first-order chi connectivity index (χ1) is 9.31. The van der Waals surface area contributed by atoms with Gasteiger partial charge in [0.15, 0.2) is 0 Å². The summed E-state index contributed by atoms with van der Waals surface area (Å²) in [6, 6.07) is 5.65. The predicted molar refractivity (Wildman–Crippen MR) is 76.6 cm³/mol. The molecule has 0 unspecified atom stereocenters. The van der Waals surface area contributed by atoms with Crippen LogP contribution in [0.2, 0.25) is 0 Å². The van der Waals surface area contributed by atoms with Crippen molar-refractivity contribution in [3.05, 3.63) is 36.3 Å². The summed E-state index contributed by atoms with van der Waals surface area (Å²) in [6.45, 7) is 0.837. The summed E-state index contributed by atoms with van der Waals surface area (Å²) in [6.07, 6.45) is 4.39. The number of aliphatic hydroxyl groups excluding tert-OH is 1. The first kappa shape index (κ1) is 13.9. The average molecular weight is 279 g/mol. The number of imidazole rings is 1. The van der Waals surface area contributed by atoms with Gasteiger partial charge in [-0.05, 0) is 24.3 Å². The summed E-state index contributed by atoms with van der Waals surface area (Å²) in [4.78, 5) is 16.1. The number of nitrogens with one attached hydrogen (secondary N) is 1. The molecule has 6 heteroatoms. The second-order valence-corrected chi connectivity index (χ2v) is 5.26. The monoisotopic (exact) mass is 279 g/mol. The van der Waals surface area contributed by atoms with E-state index < -0.39 is 0 Å². The molecule has 0 aromatic carbocycles. The third kappa shape index (κ3) is 3.97. The number of carbonyl (C=O) groups excluding carboxylic acids is 1. The summed E-state index contributed by atoms with van der Waals surface area (Å²) in [7, 11) is 0. The minimum absolute atomic E-state index is 0.147. The molecule has 2 heterocycles. The Morgan fingerprint density at radius 2 is 2.32 bits per heavy atom. The molecule has 0 radical (unpaired) electrons. The van der Waals surface area contributed by atoms with Crippen LogP contribution in [-0.4, -0.2) is 45.1 Å². The van der Waals surface area contributed by atoms with Gasteiger partial charge in [-0.2, -0.15) is 11.8 Å². The standard InChI is InChI=1S/C13H17N3O2S/c17-7-3-8-19-9-5-14-13(18)11-10-16-6-2-1-4-12(16)15-11/h1-2,4,6,10,17H,3,5,7-9H2,(H,14,18). The molecular weight excluding hydrogens is 262 g/mol. The van der Waals surface area contributed by atoms with E-state index >= 15 is 0 Å². The molecule has 0 saturated heterocycles. The van der Waals surface area contributed by atoms with Gasteiger partial charge in [0.2, 0.25) is 0 Å². The molecule has 2 aromatic heterocycles. The minimum Gasteiger partial charge on any atom is -0.396 e. The fraction of sp³-hybridized carbons (Fsp3) is 0.385. The number of hydrogen-bond donors (Lipinski definition) is 2. The Bertz CT molecular complexity index is 508. The molecule has 5 nitrogen and oxygen atoms in total. The van der Waals surface area contributed by atoms with Gasteiger partial charge in [-0.15, -0.1) is 0 Å². The molecule has 0 aliphatic rings. The highest BCUT2D eigenvalue weighted by atomic mass is 32.2. The Morgan fingerprint density at radius 3 is 3.11 bits per heavy atom. The maximum atomic E-state index is 11.9. The number of hydrogen-bond acceptors (Lipinski definition) is 4. The number of thioether (sulfide) groups is 1. The van der Waals surface area contributed by atoms with Crippen LogP contribution in [0.15, 0.2) is 30.6 Å². The van der Waals surface area contributed by atoms with Crippen LogP contribution in [0.5, 0.6) is 0 Å². The van der Waals surface area contributed by atoms with Gasteiger partial charge >= 0.3 is 0 Å². The van der Waals surface area contributed by atoms with Gasteiger partial charge in [-0.3, -0.25) is 4.79 Å². The van der Waals surface area contributed by atoms with Crippen molar-refractivity contribution in [1.29, 1.82) is 0 Å². The fourth-order valence-electron chi connectivity index (χ4n) is 1.64. The lowest BCUT2D eigenvalue weighted by Crippen LogP contribution is -2.26. The third-order valence-electron chi connectivity index (χ3n) is 2.58. The number of aliphatic hydroxyl groups is 1. The Hall–Kier alpha value is -1.53. The average Bonchev–Trinajstić information content (AvgIpc) is 2.86. The largest absolute Gasteiger partial charge is 0.396 e. The molecule has 1 amide bonds. The molecule has 0 atom stereocenters. The smallest absolute Gasteiger partial charge is 0.271 e. The normalized spacial score (nSPS) is 10.8. The maximum absolute atomic E-state index is 11.9. The summed E-state index contributed by atoms with van der Waals surface area (Å²) in [5.41, 5.74) is 1.21. The summed E-state index contributed by atoms with van der Waals surface area (Å²) in [5.74, 6) is 1.62. The van der Waals surface area contributed by atoms with Crippen molar-refractivity contribution in [2.45, 2.75) is 6.42 Å². The molecule has 2 N–H and O–H groups in total. The molecule has 0 aliphatic heterocycles. The van der Waals surface area contributed by atoms with Crippen molar-refractivity contribution in [3.63, 3.8) is 0 Å². The Kier molecular flexibility index (Phi) is 5.23. The predicted octanol–water partition coefficient (Wildman–Crippen LogP) is 1.18. The van der Waals surface area contributed by atoms with Crippen LogP contribution in [0, 0.1) is 0 Å². The van der Waals surface area contributed by atoms with Gasteiger partial charge < -0.3 is 14.8 Å². The van der Waals surface area contributed by atoms with Gasteiger partial charge in [-0.1, -0.05) is 6.07 Å². The van der Waals surface area contributed by atoms with Crippen molar-refractivity contribution in [1.82, 2.24) is 14.7 Å². The number of carbonyl (C=O) groups is 1. The van der Waals surface area contributed by atoms with Crippen LogP contribution in [0.3, 0.4) is 0 Å². The van der Waals surface area contributed by atoms with Crippen molar-refractivity contribution < 1.29 is 9.90 Å². The van der Waals surface area contributed by atoms with Gasteiger partial charge in [0, 0.05) is 31.3 Å². The lowest BCUT2D eigenvalue weighted by Gasteiger charge is -2.02. The Balaban J connectivity index is 1.79. The third-order valence-corrected chi connectivity index (χ3v) is 3.65. The van der Waals surface area contributed by atoms with E-state index in [0.29, 0.717) is 12.2 Å². The Labute approximate surface area is 116 Å². The van der Waals surface area contributed by atoms with Gasteiger partial charge in [0.25, 0.3) is 5.91 Å². The Morgan fingerprint density at radius 1 is 1.42 bits per heavy atom. The van der Waals surface area contributed by atoms with E-state index in [0.717, 1.165) is 23.6 Å². The highest BCUT2D eigenvalue weighted by Crippen LogP contribution is 2.04. The molecule has 0 spiro atoms. The zero-order chi connectivity index (χ0) is 13.5. The number of aromatic nitrogens is 2. The molecule has 0 saturated carbocycles. The number of rotatable bonds is 7. The van der Waals surface area contributed by atoms with E-state index in [2.05, 4.69) is 10.3 Å². The SMILES string of the molecule is O=C(NCCSCCCO)c1cn2ccccc2n1. The first-order valence-electron chi connectivity index (χ1n) is 6.22. The van der Waals surface area contributed by atoms with E-state index in [1.54, 1.807) is 18.0 Å². The van der Waals surface area contributed by atoms with Gasteiger partial charge in [0.05, 0.1) is 0 Å². The number of pyridine rings is 1. The van der Waals surface area contributed by atoms with Gasteiger partial charge in [-0.25, -0.2) is 4.98 Å². The first-order valence-corrected chi connectivity index (χ1v) is 7.37. The molecule has 2 rings (SSSR count). The molecular formula is C13H17N3O2S. The molecule has 0 bridgehead atoms. The number of amides is 1. The van der Waals surface area contributed by atoms with Crippen molar-refractivity contribution in [2.24, 2.45) is 0 Å². The molecule has 19 heavy (non-hydrogen) atoms. The molecule has 0 fully saturated rings.